The van der Waals surface area contributed by atoms with E-state index in [-0.39, 0.29) is 12.5 Å². The van der Waals surface area contributed by atoms with Gasteiger partial charge in [0.05, 0.1) is 0 Å². The van der Waals surface area contributed by atoms with Crippen LogP contribution in [0.2, 0.25) is 0 Å². The molecule has 0 heterocycles. The largest absolute Gasteiger partial charge is 0.396 e. The van der Waals surface area contributed by atoms with Gasteiger partial charge in [0.1, 0.15) is 0 Å². The molecule has 15 heavy (non-hydrogen) atoms. The van der Waals surface area contributed by atoms with Crippen molar-refractivity contribution in [2.75, 3.05) is 24.7 Å². The van der Waals surface area contributed by atoms with E-state index in [9.17, 15) is 4.79 Å². The average Bonchev–Trinajstić information content (AvgIpc) is 2.17. The average molecular weight is 231 g/mol. The summed E-state index contributed by atoms with van der Waals surface area (Å²) in [5.74, 6) is 2.81. The number of hydrogen-bond donors (Lipinski definition) is 2. The van der Waals surface area contributed by atoms with Crippen LogP contribution in [0.4, 0.5) is 0 Å². The van der Waals surface area contributed by atoms with Gasteiger partial charge in [-0.05, 0) is 30.9 Å². The highest BCUT2D eigenvalue weighted by molar-refractivity contribution is 7.99. The van der Waals surface area contributed by atoms with Crippen LogP contribution >= 0.6 is 11.8 Å². The fourth-order valence-corrected chi connectivity index (χ4v) is 2.35. The molecule has 0 aliphatic heterocycles. The highest BCUT2D eigenvalue weighted by Crippen LogP contribution is 2.28. The second kappa shape index (κ2) is 7.99. The van der Waals surface area contributed by atoms with Gasteiger partial charge in [-0.15, -0.1) is 0 Å². The SMILES string of the molecule is O=C(CC1CCC1)NCCSCCCO. The van der Waals surface area contributed by atoms with Crippen LogP contribution in [0, 0.1) is 5.92 Å². The molecule has 0 spiro atoms. The van der Waals surface area contributed by atoms with Crippen LogP contribution in [0.15, 0.2) is 0 Å². The van der Waals surface area contributed by atoms with Gasteiger partial charge in [-0.1, -0.05) is 6.42 Å². The first-order valence-corrected chi connectivity index (χ1v) is 6.93. The van der Waals surface area contributed by atoms with Gasteiger partial charge in [0, 0.05) is 25.3 Å². The topological polar surface area (TPSA) is 49.3 Å². The maximum absolute atomic E-state index is 11.4. The molecule has 3 nitrogen and oxygen atoms in total. The maximum Gasteiger partial charge on any atom is 0.220 e. The zero-order valence-corrected chi connectivity index (χ0v) is 10.0. The summed E-state index contributed by atoms with van der Waals surface area (Å²) in [7, 11) is 0. The molecule has 2 N–H and O–H groups in total. The number of rotatable bonds is 8. The predicted molar refractivity (Wildman–Crippen MR) is 64.0 cm³/mol. The minimum absolute atomic E-state index is 0.211. The Balaban J connectivity index is 1.83. The molecule has 1 aliphatic rings. The summed E-state index contributed by atoms with van der Waals surface area (Å²) in [5, 5.41) is 11.5. The molecule has 1 fully saturated rings. The molecular formula is C11H21NO2S. The molecule has 0 aromatic rings. The Kier molecular flexibility index (Phi) is 6.85. The van der Waals surface area contributed by atoms with E-state index in [0.29, 0.717) is 5.92 Å². The van der Waals surface area contributed by atoms with Gasteiger partial charge in [-0.2, -0.15) is 11.8 Å². The van der Waals surface area contributed by atoms with E-state index < -0.39 is 0 Å². The second-order valence-electron chi connectivity index (χ2n) is 4.04. The van der Waals surface area contributed by atoms with Gasteiger partial charge in [0.25, 0.3) is 0 Å². The standard InChI is InChI=1S/C11H21NO2S/c13-6-2-7-15-8-5-12-11(14)9-10-3-1-4-10/h10,13H,1-9H2,(H,12,14). The first kappa shape index (κ1) is 12.8. The zero-order valence-electron chi connectivity index (χ0n) is 9.21. The lowest BCUT2D eigenvalue weighted by atomic mass is 9.83. The number of hydrogen-bond acceptors (Lipinski definition) is 3. The van der Waals surface area contributed by atoms with Crippen molar-refractivity contribution in [2.45, 2.75) is 32.1 Å². The van der Waals surface area contributed by atoms with Crippen LogP contribution in [0.3, 0.4) is 0 Å². The lowest BCUT2D eigenvalue weighted by molar-refractivity contribution is -0.122. The number of aliphatic hydroxyl groups excluding tert-OH is 1. The monoisotopic (exact) mass is 231 g/mol. The molecule has 0 aromatic heterocycles. The van der Waals surface area contributed by atoms with Gasteiger partial charge >= 0.3 is 0 Å². The van der Waals surface area contributed by atoms with Crippen LogP contribution in [0.25, 0.3) is 0 Å². The molecule has 0 aromatic carbocycles. The molecule has 1 rings (SSSR count). The summed E-state index contributed by atoms with van der Waals surface area (Å²) in [6.45, 7) is 1.03. The predicted octanol–water partition coefficient (Wildman–Crippen LogP) is 1.41. The molecule has 0 saturated heterocycles. The van der Waals surface area contributed by atoms with Gasteiger partial charge in [-0.25, -0.2) is 0 Å². The van der Waals surface area contributed by atoms with Crippen LogP contribution in [-0.2, 0) is 4.79 Å². The fourth-order valence-electron chi connectivity index (χ4n) is 1.56. The highest BCUT2D eigenvalue weighted by Gasteiger charge is 2.19. The Morgan fingerprint density at radius 1 is 1.40 bits per heavy atom. The Hall–Kier alpha value is -0.220. The van der Waals surface area contributed by atoms with Crippen molar-refractivity contribution in [3.63, 3.8) is 0 Å². The quantitative estimate of drug-likeness (QED) is 0.621. The van der Waals surface area contributed by atoms with Crippen LogP contribution in [-0.4, -0.2) is 35.7 Å². The van der Waals surface area contributed by atoms with Crippen molar-refractivity contribution < 1.29 is 9.90 Å². The van der Waals surface area contributed by atoms with Crippen LogP contribution in [0.1, 0.15) is 32.1 Å². The zero-order chi connectivity index (χ0) is 10.9. The van der Waals surface area contributed by atoms with Crippen LogP contribution in [0.5, 0.6) is 0 Å². The Morgan fingerprint density at radius 3 is 2.80 bits per heavy atom. The molecule has 1 saturated carbocycles. The summed E-state index contributed by atoms with van der Waals surface area (Å²) >= 11 is 1.78. The number of carbonyl (C=O) groups is 1. The number of nitrogens with one attached hydrogen (secondary N) is 1. The Morgan fingerprint density at radius 2 is 2.20 bits per heavy atom. The molecule has 0 radical (unpaired) electrons. The Labute approximate surface area is 96.0 Å². The highest BCUT2D eigenvalue weighted by atomic mass is 32.2. The minimum Gasteiger partial charge on any atom is -0.396 e. The molecule has 88 valence electrons. The first-order chi connectivity index (χ1) is 7.33. The lowest BCUT2D eigenvalue weighted by Crippen LogP contribution is -2.29. The van der Waals surface area contributed by atoms with E-state index >= 15 is 0 Å². The molecule has 4 heteroatoms. The summed E-state index contributed by atoms with van der Waals surface area (Å²) in [5.41, 5.74) is 0. The van der Waals surface area contributed by atoms with Gasteiger partial charge in [0.15, 0.2) is 0 Å². The van der Waals surface area contributed by atoms with E-state index in [2.05, 4.69) is 5.32 Å². The van der Waals surface area contributed by atoms with Gasteiger partial charge in [0.2, 0.25) is 5.91 Å². The fraction of sp³-hybridized carbons (Fsp3) is 0.909. The lowest BCUT2D eigenvalue weighted by Gasteiger charge is -2.24. The molecule has 1 amide bonds. The van der Waals surface area contributed by atoms with E-state index in [1.54, 1.807) is 11.8 Å². The third-order valence-electron chi connectivity index (χ3n) is 2.71. The van der Waals surface area contributed by atoms with E-state index in [4.69, 9.17) is 5.11 Å². The van der Waals surface area contributed by atoms with Crippen molar-refractivity contribution in [1.82, 2.24) is 5.32 Å². The van der Waals surface area contributed by atoms with Crippen molar-refractivity contribution in [3.8, 4) is 0 Å². The van der Waals surface area contributed by atoms with E-state index in [0.717, 1.165) is 30.9 Å². The van der Waals surface area contributed by atoms with Crippen LogP contribution < -0.4 is 5.32 Å². The maximum atomic E-state index is 11.4. The molecule has 0 unspecified atom stereocenters. The molecule has 0 bridgehead atoms. The van der Waals surface area contributed by atoms with Crippen molar-refractivity contribution in [2.24, 2.45) is 5.92 Å². The van der Waals surface area contributed by atoms with E-state index in [1.807, 2.05) is 0 Å². The van der Waals surface area contributed by atoms with Gasteiger partial charge in [-0.3, -0.25) is 4.79 Å². The number of amides is 1. The van der Waals surface area contributed by atoms with Gasteiger partial charge < -0.3 is 10.4 Å². The van der Waals surface area contributed by atoms with E-state index in [1.165, 1.54) is 19.3 Å². The number of thioether (sulfide) groups is 1. The van der Waals surface area contributed by atoms with Crippen molar-refractivity contribution in [3.05, 3.63) is 0 Å². The molecular weight excluding hydrogens is 210 g/mol. The smallest absolute Gasteiger partial charge is 0.220 e. The first-order valence-electron chi connectivity index (χ1n) is 5.78. The second-order valence-corrected chi connectivity index (χ2v) is 5.27. The molecule has 1 aliphatic carbocycles. The minimum atomic E-state index is 0.211. The third-order valence-corrected chi connectivity index (χ3v) is 3.78. The Bertz CT molecular complexity index is 183. The molecule has 0 atom stereocenters. The number of aliphatic hydroxyl groups is 1. The van der Waals surface area contributed by atoms with Crippen molar-refractivity contribution in [1.29, 1.82) is 0 Å². The summed E-state index contributed by atoms with van der Waals surface area (Å²) < 4.78 is 0. The third kappa shape index (κ3) is 6.05. The summed E-state index contributed by atoms with van der Waals surface area (Å²) in [4.78, 5) is 11.4. The number of carbonyl (C=O) groups excluding carboxylic acids is 1. The van der Waals surface area contributed by atoms with Crippen molar-refractivity contribution >= 4 is 17.7 Å². The normalized spacial score (nSPS) is 16.1. The summed E-state index contributed by atoms with van der Waals surface area (Å²) in [6, 6.07) is 0. The summed E-state index contributed by atoms with van der Waals surface area (Å²) in [6.07, 6.45) is 5.34.